The first kappa shape index (κ1) is 11.4. The molecule has 2 saturated carbocycles. The van der Waals surface area contributed by atoms with Crippen LogP contribution in [0.5, 0.6) is 0 Å². The third-order valence-electron chi connectivity index (χ3n) is 3.99. The van der Waals surface area contributed by atoms with Crippen LogP contribution in [0.25, 0.3) is 0 Å². The fraction of sp³-hybridized carbons (Fsp3) is 0.833. The molecule has 16 heavy (non-hydrogen) atoms. The molecule has 4 nitrogen and oxygen atoms in total. The molecule has 2 aliphatic rings. The van der Waals surface area contributed by atoms with Crippen molar-refractivity contribution in [1.82, 2.24) is 5.32 Å². The van der Waals surface area contributed by atoms with Gasteiger partial charge in [-0.1, -0.05) is 6.42 Å². The summed E-state index contributed by atoms with van der Waals surface area (Å²) in [5.74, 6) is 1.35. The topological polar surface area (TPSA) is 66.4 Å². The monoisotopic (exact) mass is 225 g/mol. The molecule has 0 aromatic carbocycles. The summed E-state index contributed by atoms with van der Waals surface area (Å²) in [6.07, 6.45) is 5.77. The number of carboxylic acid groups (broad SMARTS) is 1. The highest BCUT2D eigenvalue weighted by molar-refractivity contribution is 5.77. The molecule has 0 heterocycles. The average molecular weight is 225 g/mol. The van der Waals surface area contributed by atoms with Gasteiger partial charge in [0.2, 0.25) is 5.91 Å². The number of fused-ring (bicyclic) bond motifs is 2. The van der Waals surface area contributed by atoms with E-state index in [9.17, 15) is 9.59 Å². The highest BCUT2D eigenvalue weighted by atomic mass is 16.4. The molecule has 2 aliphatic carbocycles. The molecule has 3 atom stereocenters. The van der Waals surface area contributed by atoms with Crippen LogP contribution in [-0.2, 0) is 9.59 Å². The van der Waals surface area contributed by atoms with Gasteiger partial charge >= 0.3 is 5.97 Å². The molecule has 2 rings (SSSR count). The summed E-state index contributed by atoms with van der Waals surface area (Å²) in [5, 5.41) is 11.1. The van der Waals surface area contributed by atoms with Crippen molar-refractivity contribution in [2.45, 2.75) is 38.5 Å². The molecule has 2 N–H and O–H groups in total. The smallest absolute Gasteiger partial charge is 0.305 e. The maximum atomic E-state index is 11.6. The number of amides is 1. The Bertz CT molecular complexity index is 290. The van der Waals surface area contributed by atoms with E-state index in [0.29, 0.717) is 12.3 Å². The second kappa shape index (κ2) is 4.85. The van der Waals surface area contributed by atoms with Gasteiger partial charge in [0.05, 0.1) is 6.42 Å². The van der Waals surface area contributed by atoms with Crippen LogP contribution in [0.15, 0.2) is 0 Å². The van der Waals surface area contributed by atoms with E-state index in [1.807, 2.05) is 0 Å². The summed E-state index contributed by atoms with van der Waals surface area (Å²) < 4.78 is 0. The number of hydrogen-bond acceptors (Lipinski definition) is 2. The Morgan fingerprint density at radius 3 is 2.62 bits per heavy atom. The van der Waals surface area contributed by atoms with Gasteiger partial charge in [-0.25, -0.2) is 0 Å². The fourth-order valence-electron chi connectivity index (χ4n) is 3.25. The van der Waals surface area contributed by atoms with E-state index < -0.39 is 5.97 Å². The Morgan fingerprint density at radius 2 is 2.06 bits per heavy atom. The molecule has 0 aliphatic heterocycles. The first-order valence-electron chi connectivity index (χ1n) is 6.13. The summed E-state index contributed by atoms with van der Waals surface area (Å²) in [6.45, 7) is 0.259. The summed E-state index contributed by atoms with van der Waals surface area (Å²) in [6, 6.07) is 0. The highest BCUT2D eigenvalue weighted by Crippen LogP contribution is 2.49. The zero-order valence-electron chi connectivity index (χ0n) is 9.45. The summed E-state index contributed by atoms with van der Waals surface area (Å²) in [5.41, 5.74) is 0. The van der Waals surface area contributed by atoms with E-state index in [4.69, 9.17) is 5.11 Å². The molecule has 0 aromatic rings. The summed E-state index contributed by atoms with van der Waals surface area (Å²) in [7, 11) is 0. The molecular formula is C12H19NO3. The first-order chi connectivity index (χ1) is 7.65. The van der Waals surface area contributed by atoms with Crippen molar-refractivity contribution in [1.29, 1.82) is 0 Å². The molecule has 0 saturated heterocycles. The van der Waals surface area contributed by atoms with Crippen molar-refractivity contribution in [3.05, 3.63) is 0 Å². The molecule has 0 spiro atoms. The van der Waals surface area contributed by atoms with Crippen LogP contribution in [0.3, 0.4) is 0 Å². The van der Waals surface area contributed by atoms with Crippen molar-refractivity contribution < 1.29 is 14.7 Å². The minimum Gasteiger partial charge on any atom is -0.481 e. The molecule has 90 valence electrons. The number of nitrogens with one attached hydrogen (secondary N) is 1. The van der Waals surface area contributed by atoms with Crippen molar-refractivity contribution in [2.24, 2.45) is 17.8 Å². The molecule has 0 aromatic heterocycles. The molecule has 1 amide bonds. The van der Waals surface area contributed by atoms with Crippen LogP contribution in [-0.4, -0.2) is 23.5 Å². The van der Waals surface area contributed by atoms with Gasteiger partial charge < -0.3 is 10.4 Å². The van der Waals surface area contributed by atoms with E-state index in [0.717, 1.165) is 11.8 Å². The van der Waals surface area contributed by atoms with Crippen molar-refractivity contribution in [3.63, 3.8) is 0 Å². The number of carbonyl (C=O) groups is 2. The summed E-state index contributed by atoms with van der Waals surface area (Å²) in [4.78, 5) is 21.8. The number of carboxylic acids is 1. The lowest BCUT2D eigenvalue weighted by Crippen LogP contribution is -2.29. The Kier molecular flexibility index (Phi) is 3.46. The minimum absolute atomic E-state index is 0.0163. The third-order valence-corrected chi connectivity index (χ3v) is 3.99. The Labute approximate surface area is 95.4 Å². The number of rotatable bonds is 5. The van der Waals surface area contributed by atoms with Gasteiger partial charge in [0.1, 0.15) is 0 Å². The highest BCUT2D eigenvalue weighted by Gasteiger charge is 2.39. The van der Waals surface area contributed by atoms with Crippen molar-refractivity contribution in [3.8, 4) is 0 Å². The van der Waals surface area contributed by atoms with Crippen LogP contribution < -0.4 is 5.32 Å². The Hall–Kier alpha value is -1.06. The number of hydrogen-bond donors (Lipinski definition) is 2. The maximum Gasteiger partial charge on any atom is 0.305 e. The van der Waals surface area contributed by atoms with E-state index in [1.165, 1.54) is 25.7 Å². The predicted molar refractivity (Wildman–Crippen MR) is 58.8 cm³/mol. The van der Waals surface area contributed by atoms with Gasteiger partial charge in [-0.15, -0.1) is 0 Å². The number of aliphatic carboxylic acids is 1. The van der Waals surface area contributed by atoms with Crippen LogP contribution >= 0.6 is 0 Å². The van der Waals surface area contributed by atoms with E-state index in [2.05, 4.69) is 5.32 Å². The fourth-order valence-corrected chi connectivity index (χ4v) is 3.25. The van der Waals surface area contributed by atoms with Crippen LogP contribution in [0.1, 0.15) is 38.5 Å². The zero-order chi connectivity index (χ0) is 11.5. The lowest BCUT2D eigenvalue weighted by Gasteiger charge is -2.20. The van der Waals surface area contributed by atoms with Gasteiger partial charge in [-0.2, -0.15) is 0 Å². The van der Waals surface area contributed by atoms with Crippen LogP contribution in [0.4, 0.5) is 0 Å². The lowest BCUT2D eigenvalue weighted by atomic mass is 9.86. The zero-order valence-corrected chi connectivity index (χ0v) is 9.45. The van der Waals surface area contributed by atoms with Crippen molar-refractivity contribution in [2.75, 3.05) is 6.54 Å². The second-order valence-corrected chi connectivity index (χ2v) is 5.13. The number of carbonyl (C=O) groups excluding carboxylic acids is 1. The predicted octanol–water partition coefficient (Wildman–Crippen LogP) is 1.40. The van der Waals surface area contributed by atoms with E-state index >= 15 is 0 Å². The van der Waals surface area contributed by atoms with E-state index in [-0.39, 0.29) is 18.9 Å². The molecule has 2 fully saturated rings. The van der Waals surface area contributed by atoms with Crippen LogP contribution in [0.2, 0.25) is 0 Å². The van der Waals surface area contributed by atoms with Gasteiger partial charge in [0.25, 0.3) is 0 Å². The van der Waals surface area contributed by atoms with Gasteiger partial charge in [-0.3, -0.25) is 9.59 Å². The summed E-state index contributed by atoms with van der Waals surface area (Å²) >= 11 is 0. The quantitative estimate of drug-likeness (QED) is 0.743. The molecular weight excluding hydrogens is 206 g/mol. The van der Waals surface area contributed by atoms with Gasteiger partial charge in [-0.05, 0) is 37.0 Å². The van der Waals surface area contributed by atoms with Gasteiger partial charge in [0.15, 0.2) is 0 Å². The average Bonchev–Trinajstić information content (AvgIpc) is 2.78. The standard InChI is InChI=1S/C12H19NO3/c14-11(13-4-3-12(15)16)7-10-6-8-1-2-9(10)5-8/h8-10H,1-7H2,(H,13,14)(H,15,16). The largest absolute Gasteiger partial charge is 0.481 e. The molecule has 2 bridgehead atoms. The van der Waals surface area contributed by atoms with E-state index in [1.54, 1.807) is 0 Å². The maximum absolute atomic E-state index is 11.6. The molecule has 3 unspecified atom stereocenters. The normalized spacial score (nSPS) is 31.6. The van der Waals surface area contributed by atoms with Crippen molar-refractivity contribution >= 4 is 11.9 Å². The SMILES string of the molecule is O=C(O)CCNC(=O)CC1CC2CCC1C2. The van der Waals surface area contributed by atoms with Crippen LogP contribution in [0, 0.1) is 17.8 Å². The minimum atomic E-state index is -0.861. The third kappa shape index (κ3) is 2.74. The lowest BCUT2D eigenvalue weighted by molar-refractivity contribution is -0.136. The molecule has 4 heteroatoms. The Morgan fingerprint density at radius 1 is 1.25 bits per heavy atom. The molecule has 0 radical (unpaired) electrons. The second-order valence-electron chi connectivity index (χ2n) is 5.13. The Balaban J connectivity index is 1.66. The van der Waals surface area contributed by atoms with Gasteiger partial charge in [0, 0.05) is 13.0 Å². The first-order valence-corrected chi connectivity index (χ1v) is 6.13.